The smallest absolute Gasteiger partial charge is 0.0763 e. The second-order valence-electron chi connectivity index (χ2n) is 9.98. The van der Waals surface area contributed by atoms with Crippen LogP contribution in [-0.4, -0.2) is 47.0 Å². The van der Waals surface area contributed by atoms with Gasteiger partial charge in [0.05, 0.1) is 23.5 Å². The Morgan fingerprint density at radius 1 is 0.606 bits per heavy atom. The van der Waals surface area contributed by atoms with Crippen LogP contribution < -0.4 is 0 Å². The quantitative estimate of drug-likeness (QED) is 0.323. The van der Waals surface area contributed by atoms with E-state index in [1.54, 1.807) is 0 Å². The van der Waals surface area contributed by atoms with Crippen LogP contribution in [0.25, 0.3) is 0 Å². The van der Waals surface area contributed by atoms with E-state index in [4.69, 9.17) is 20.0 Å². The first-order valence-electron chi connectivity index (χ1n) is 11.2. The van der Waals surface area contributed by atoms with Crippen molar-refractivity contribution in [3.63, 3.8) is 0 Å². The number of hydrogen-bond acceptors (Lipinski definition) is 4. The van der Waals surface area contributed by atoms with Gasteiger partial charge in [0.25, 0.3) is 0 Å². The summed E-state index contributed by atoms with van der Waals surface area (Å²) in [6.45, 7) is 25.3. The Morgan fingerprint density at radius 2 is 0.879 bits per heavy atom. The molecule has 0 radical (unpaired) electrons. The van der Waals surface area contributed by atoms with Crippen LogP contribution in [0.2, 0.25) is 0 Å². The molecule has 33 heavy (non-hydrogen) atoms. The van der Waals surface area contributed by atoms with E-state index in [1.807, 2.05) is 0 Å². The van der Waals surface area contributed by atoms with E-state index in [0.29, 0.717) is 12.0 Å². The molecule has 8 unspecified atom stereocenters. The van der Waals surface area contributed by atoms with Gasteiger partial charge in [0.2, 0.25) is 0 Å². The second-order valence-corrected chi connectivity index (χ2v) is 9.98. The predicted octanol–water partition coefficient (Wildman–Crippen LogP) is 4.70. The SMILES string of the molecule is [CH2-]C(C)C1=NC(C(C2=NC(C([CH2-])C)C2)(C2CC(C([CH2-])C)=N2)C2CC(C([CH2-])C)=N2)C1.[Zr].[Zr].[Zr].[Zr]. The molecular weight excluding hydrogens is 721 g/mol. The molecule has 0 bridgehead atoms. The molecule has 0 spiro atoms. The van der Waals surface area contributed by atoms with Crippen molar-refractivity contribution in [2.45, 2.75) is 77.5 Å². The molecule has 0 amide bonds. The summed E-state index contributed by atoms with van der Waals surface area (Å²) in [5.41, 5.74) is 4.79. The molecule has 4 aliphatic heterocycles. The minimum absolute atomic E-state index is 0. The molecule has 0 aromatic rings. The first-order chi connectivity index (χ1) is 13.6. The maximum Gasteiger partial charge on any atom is 0.0763 e. The van der Waals surface area contributed by atoms with Crippen LogP contribution in [0.5, 0.6) is 0 Å². The van der Waals surface area contributed by atoms with Gasteiger partial charge in [-0.05, 0) is 17.1 Å². The van der Waals surface area contributed by atoms with Gasteiger partial charge in [-0.1, -0.05) is 27.7 Å². The van der Waals surface area contributed by atoms with E-state index in [-0.39, 0.29) is 146 Å². The van der Waals surface area contributed by atoms with Gasteiger partial charge in [-0.3, -0.25) is 20.0 Å². The third-order valence-corrected chi connectivity index (χ3v) is 7.41. The fourth-order valence-electron chi connectivity index (χ4n) is 5.21. The largest absolute Gasteiger partial charge is 0.338 e. The van der Waals surface area contributed by atoms with Crippen molar-refractivity contribution in [3.8, 4) is 0 Å². The van der Waals surface area contributed by atoms with Crippen molar-refractivity contribution >= 4 is 22.8 Å². The van der Waals surface area contributed by atoms with E-state index in [1.165, 1.54) is 22.8 Å². The summed E-state index contributed by atoms with van der Waals surface area (Å²) in [4.78, 5) is 20.4. The molecule has 0 aromatic heterocycles. The molecule has 4 rings (SSSR count). The maximum absolute atomic E-state index is 5.11. The van der Waals surface area contributed by atoms with Crippen LogP contribution in [-0.2, 0) is 105 Å². The first-order valence-corrected chi connectivity index (χ1v) is 11.2. The molecule has 176 valence electrons. The zero-order valence-corrected chi connectivity index (χ0v) is 30.4. The van der Waals surface area contributed by atoms with Crippen molar-refractivity contribution in [1.29, 1.82) is 0 Å². The maximum atomic E-state index is 5.11. The number of nitrogens with zero attached hydrogens (tertiary/aromatic N) is 4. The number of aliphatic imine (C=N–C) groups is 4. The molecule has 4 nitrogen and oxygen atoms in total. The van der Waals surface area contributed by atoms with Gasteiger partial charge in [0, 0.05) is 142 Å². The molecule has 8 atom stereocenters. The summed E-state index contributed by atoms with van der Waals surface area (Å²) < 4.78 is 0. The predicted molar refractivity (Wildman–Crippen MR) is 124 cm³/mol. The third kappa shape index (κ3) is 6.45. The van der Waals surface area contributed by atoms with E-state index in [0.717, 1.165) is 25.7 Å². The van der Waals surface area contributed by atoms with Crippen molar-refractivity contribution in [1.82, 2.24) is 0 Å². The van der Waals surface area contributed by atoms with Gasteiger partial charge in [0.1, 0.15) is 0 Å². The molecule has 0 fully saturated rings. The zero-order chi connectivity index (χ0) is 21.1. The molecule has 4 heterocycles. The summed E-state index contributed by atoms with van der Waals surface area (Å²) in [6, 6.07) is 0.970. The Labute approximate surface area is 278 Å². The topological polar surface area (TPSA) is 49.4 Å². The fraction of sp³-hybridized carbons (Fsp3) is 0.680. The first kappa shape index (κ1) is 35.2. The average Bonchev–Trinajstić information content (AvgIpc) is 2.37. The van der Waals surface area contributed by atoms with Crippen LogP contribution in [0.15, 0.2) is 20.0 Å². The van der Waals surface area contributed by atoms with Crippen LogP contribution >= 0.6 is 0 Å². The number of hydrogen-bond donors (Lipinski definition) is 0. The van der Waals surface area contributed by atoms with Gasteiger partial charge < -0.3 is 27.7 Å². The molecule has 0 saturated heterocycles. The summed E-state index contributed by atoms with van der Waals surface area (Å²) in [6.07, 6.45) is 4.00. The van der Waals surface area contributed by atoms with Gasteiger partial charge >= 0.3 is 0 Å². The monoisotopic (exact) mass is 752 g/mol. The standard InChI is InChI=1S/C25H36N4.4Zr/c1-13(2)17-9-21(26-17)25(22-10-18(27-22)14(3)4,23-11-19(28-23)15(5)6)24-12-20(29-24)16(7)8;;;;/h13-17,22-24H,1,3,5,7,9-12H2,2,4,6,8H3;;;;/q-4;;;;. The Kier molecular flexibility index (Phi) is 14.8. The molecule has 0 N–H and O–H groups in total. The molecular formula is C25H36N4Zr4-4. The van der Waals surface area contributed by atoms with Crippen LogP contribution in [0.4, 0.5) is 0 Å². The Morgan fingerprint density at radius 3 is 1.09 bits per heavy atom. The molecule has 0 aromatic carbocycles. The van der Waals surface area contributed by atoms with Crippen molar-refractivity contribution in [2.24, 2.45) is 49.1 Å². The average molecular weight is 757 g/mol. The van der Waals surface area contributed by atoms with Crippen LogP contribution in [0.3, 0.4) is 0 Å². The summed E-state index contributed by atoms with van der Waals surface area (Å²) in [5.74, 6) is 1.12. The molecule has 0 aliphatic carbocycles. The molecule has 4 aliphatic rings. The van der Waals surface area contributed by atoms with Crippen LogP contribution in [0.1, 0.15) is 53.4 Å². The Balaban J connectivity index is 0.00000256. The van der Waals surface area contributed by atoms with Gasteiger partial charge in [-0.2, -0.15) is 0 Å². The summed E-state index contributed by atoms with van der Waals surface area (Å²) >= 11 is 0. The molecule has 0 saturated carbocycles. The van der Waals surface area contributed by atoms with E-state index in [9.17, 15) is 0 Å². The second kappa shape index (κ2) is 13.8. The van der Waals surface area contributed by atoms with E-state index < -0.39 is 0 Å². The van der Waals surface area contributed by atoms with Gasteiger partial charge in [-0.15, -0.1) is 23.7 Å². The van der Waals surface area contributed by atoms with Crippen molar-refractivity contribution < 1.29 is 105 Å². The molecule has 8 heteroatoms. The minimum atomic E-state index is -0.180. The van der Waals surface area contributed by atoms with Crippen LogP contribution in [0, 0.1) is 56.8 Å². The van der Waals surface area contributed by atoms with Crippen molar-refractivity contribution in [2.75, 3.05) is 0 Å². The van der Waals surface area contributed by atoms with Gasteiger partial charge in [-0.25, -0.2) is 0 Å². The number of rotatable bonds is 8. The summed E-state index contributed by atoms with van der Waals surface area (Å²) in [7, 11) is 0. The Hall–Kier alpha value is 2.21. The van der Waals surface area contributed by atoms with E-state index >= 15 is 0 Å². The van der Waals surface area contributed by atoms with Crippen molar-refractivity contribution in [3.05, 3.63) is 27.7 Å². The summed E-state index contributed by atoms with van der Waals surface area (Å²) in [5, 5.41) is 0. The normalized spacial score (nSPS) is 32.5. The fourth-order valence-corrected chi connectivity index (χ4v) is 5.21. The van der Waals surface area contributed by atoms with Gasteiger partial charge in [0.15, 0.2) is 0 Å². The third-order valence-electron chi connectivity index (χ3n) is 7.41. The Bertz CT molecular complexity index is 719. The van der Waals surface area contributed by atoms with E-state index in [2.05, 4.69) is 55.4 Å². The zero-order valence-electron chi connectivity index (χ0n) is 20.6. The minimum Gasteiger partial charge on any atom is -0.338 e.